The minimum atomic E-state index is 0. The van der Waals surface area contributed by atoms with E-state index in [9.17, 15) is 0 Å². The van der Waals surface area contributed by atoms with E-state index in [2.05, 4.69) is 57.5 Å². The smallest absolute Gasteiger partial charge is 0.195 e. The molecule has 5 nitrogen and oxygen atoms in total. The van der Waals surface area contributed by atoms with E-state index >= 15 is 0 Å². The summed E-state index contributed by atoms with van der Waals surface area (Å²) in [5.41, 5.74) is 5.84. The molecule has 0 aliphatic heterocycles. The van der Waals surface area contributed by atoms with Crippen molar-refractivity contribution in [1.29, 1.82) is 0 Å². The van der Waals surface area contributed by atoms with E-state index in [-0.39, 0.29) is 25.5 Å². The number of pyridine rings is 2. The van der Waals surface area contributed by atoms with Gasteiger partial charge in [-0.3, -0.25) is 9.97 Å². The molecule has 0 saturated carbocycles. The van der Waals surface area contributed by atoms with E-state index in [1.54, 1.807) is 6.20 Å². The first-order valence-corrected chi connectivity index (χ1v) is 10.2. The quantitative estimate of drug-likeness (QED) is 0.219. The number of aromatic nitrogens is 5. The molecule has 5 aromatic rings. The first-order valence-electron chi connectivity index (χ1n) is 10.2. The Balaban J connectivity index is 0.000000176. The standard InChI is InChI=1S/C14H10N2.C12H14N3.Ir/c1-2-6-12(7-3-1)14-13-8-4-5-10-16(13)11-9-15-14;1-12(2,3)11-8-10(14-15-11)9-6-4-5-7-13-9;/h1-6,8-11H;4-8H,1-3H3;/q;-1;. The van der Waals surface area contributed by atoms with Gasteiger partial charge in [0.1, 0.15) is 0 Å². The summed E-state index contributed by atoms with van der Waals surface area (Å²) < 4.78 is 2.06. The first kappa shape index (κ1) is 23.5. The maximum Gasteiger partial charge on any atom is 0.195 e. The van der Waals surface area contributed by atoms with E-state index in [1.165, 1.54) is 0 Å². The fourth-order valence-corrected chi connectivity index (χ4v) is 3.08. The van der Waals surface area contributed by atoms with Crippen LogP contribution in [-0.4, -0.2) is 15.1 Å². The predicted molar refractivity (Wildman–Crippen MR) is 121 cm³/mol. The Morgan fingerprint density at radius 3 is 2.38 bits per heavy atom. The zero-order valence-electron chi connectivity index (χ0n) is 18.2. The number of nitrogens with zero attached hydrogens (tertiary/aromatic N) is 5. The SMILES string of the molecule is CC(C)(C)c1cc(-c2ccccn2)[n-]n1.[Ir].[c-]1ccccc1-c1ncc[n+]2ccccc12. The molecular formula is C26H24IrN5-. The third-order valence-electron chi connectivity index (χ3n) is 4.76. The van der Waals surface area contributed by atoms with Crippen molar-refractivity contribution in [2.75, 3.05) is 0 Å². The topological polar surface area (TPSA) is 56.9 Å². The van der Waals surface area contributed by atoms with Gasteiger partial charge >= 0.3 is 0 Å². The maximum atomic E-state index is 4.43. The van der Waals surface area contributed by atoms with Crippen LogP contribution < -0.4 is 9.50 Å². The summed E-state index contributed by atoms with van der Waals surface area (Å²) in [5, 5.41) is 8.31. The summed E-state index contributed by atoms with van der Waals surface area (Å²) in [5.74, 6) is 0. The third kappa shape index (κ3) is 5.52. The molecule has 0 aliphatic rings. The van der Waals surface area contributed by atoms with Crippen molar-refractivity contribution in [3.05, 3.63) is 103 Å². The second-order valence-corrected chi connectivity index (χ2v) is 8.13. The van der Waals surface area contributed by atoms with Gasteiger partial charge in [-0.25, -0.2) is 0 Å². The van der Waals surface area contributed by atoms with Gasteiger partial charge in [-0.2, -0.15) is 4.40 Å². The molecule has 5 rings (SSSR count). The maximum absolute atomic E-state index is 4.43. The van der Waals surface area contributed by atoms with Gasteiger partial charge in [0.25, 0.3) is 0 Å². The van der Waals surface area contributed by atoms with Crippen LogP contribution in [0.2, 0.25) is 0 Å². The molecule has 32 heavy (non-hydrogen) atoms. The van der Waals surface area contributed by atoms with E-state index in [0.717, 1.165) is 33.9 Å². The Morgan fingerprint density at radius 2 is 1.69 bits per heavy atom. The molecule has 163 valence electrons. The van der Waals surface area contributed by atoms with E-state index in [1.807, 2.05) is 79.3 Å². The van der Waals surface area contributed by atoms with E-state index in [4.69, 9.17) is 0 Å². The Kier molecular flexibility index (Phi) is 7.62. The number of benzene rings is 1. The van der Waals surface area contributed by atoms with Crippen molar-refractivity contribution < 1.29 is 24.5 Å². The van der Waals surface area contributed by atoms with Crippen LogP contribution in [0.25, 0.3) is 28.2 Å². The summed E-state index contributed by atoms with van der Waals surface area (Å²) in [4.78, 5) is 8.67. The summed E-state index contributed by atoms with van der Waals surface area (Å²) in [6, 6.07) is 25.0. The Morgan fingerprint density at radius 1 is 0.875 bits per heavy atom. The van der Waals surface area contributed by atoms with Gasteiger partial charge in [0.05, 0.1) is 11.9 Å². The zero-order valence-corrected chi connectivity index (χ0v) is 20.6. The van der Waals surface area contributed by atoms with Crippen LogP contribution in [0.5, 0.6) is 0 Å². The van der Waals surface area contributed by atoms with Gasteiger partial charge in [0.15, 0.2) is 17.9 Å². The molecule has 0 aliphatic carbocycles. The van der Waals surface area contributed by atoms with Crippen LogP contribution in [0.1, 0.15) is 26.5 Å². The van der Waals surface area contributed by atoms with Gasteiger partial charge in [0, 0.05) is 55.2 Å². The molecule has 4 aromatic heterocycles. The van der Waals surface area contributed by atoms with Gasteiger partial charge < -0.3 is 10.2 Å². The van der Waals surface area contributed by atoms with Crippen molar-refractivity contribution >= 4 is 5.52 Å². The molecule has 0 saturated heterocycles. The molecule has 6 heteroatoms. The van der Waals surface area contributed by atoms with Gasteiger partial charge in [-0.1, -0.05) is 44.7 Å². The third-order valence-corrected chi connectivity index (χ3v) is 4.76. The van der Waals surface area contributed by atoms with Gasteiger partial charge in [0.2, 0.25) is 0 Å². The van der Waals surface area contributed by atoms with Crippen molar-refractivity contribution in [2.45, 2.75) is 26.2 Å². The second-order valence-electron chi connectivity index (χ2n) is 8.13. The minimum absolute atomic E-state index is 0. The minimum Gasteiger partial charge on any atom is -0.573 e. The van der Waals surface area contributed by atoms with Crippen molar-refractivity contribution in [1.82, 2.24) is 20.2 Å². The summed E-state index contributed by atoms with van der Waals surface area (Å²) in [6.45, 7) is 6.37. The van der Waals surface area contributed by atoms with Crippen molar-refractivity contribution in [3.63, 3.8) is 0 Å². The molecular weight excluding hydrogens is 575 g/mol. The summed E-state index contributed by atoms with van der Waals surface area (Å²) in [6.07, 6.45) is 7.54. The molecule has 0 unspecified atom stereocenters. The number of rotatable bonds is 2. The predicted octanol–water partition coefficient (Wildman–Crippen LogP) is 4.68. The molecule has 0 atom stereocenters. The zero-order chi connectivity index (χ0) is 21.7. The molecule has 1 radical (unpaired) electrons. The molecule has 4 heterocycles. The summed E-state index contributed by atoms with van der Waals surface area (Å²) in [7, 11) is 0. The average molecular weight is 599 g/mol. The summed E-state index contributed by atoms with van der Waals surface area (Å²) >= 11 is 0. The second kappa shape index (κ2) is 10.4. The largest absolute Gasteiger partial charge is 0.573 e. The Labute approximate surface area is 202 Å². The Hall–Kier alpha value is -3.21. The van der Waals surface area contributed by atoms with Crippen LogP contribution in [-0.2, 0) is 25.5 Å². The molecule has 0 amide bonds. The average Bonchev–Trinajstić information content (AvgIpc) is 3.32. The fraction of sp³-hybridized carbons (Fsp3) is 0.154. The first-order chi connectivity index (χ1) is 15.0. The van der Waals surface area contributed by atoms with Crippen LogP contribution >= 0.6 is 0 Å². The molecule has 1 aromatic carbocycles. The van der Waals surface area contributed by atoms with Crippen LogP contribution in [0, 0.1) is 6.07 Å². The van der Waals surface area contributed by atoms with Crippen LogP contribution in [0.3, 0.4) is 0 Å². The molecule has 0 fully saturated rings. The normalized spacial score (nSPS) is 10.7. The number of hydrogen-bond donors (Lipinski definition) is 0. The van der Waals surface area contributed by atoms with Crippen molar-refractivity contribution in [2.24, 2.45) is 0 Å². The number of fused-ring (bicyclic) bond motifs is 1. The van der Waals surface area contributed by atoms with Crippen molar-refractivity contribution in [3.8, 4) is 22.6 Å². The van der Waals surface area contributed by atoms with E-state index < -0.39 is 0 Å². The monoisotopic (exact) mass is 599 g/mol. The van der Waals surface area contributed by atoms with Gasteiger partial charge in [-0.05, 0) is 12.1 Å². The molecule has 0 spiro atoms. The number of hydrogen-bond acceptors (Lipinski definition) is 3. The molecule has 0 N–H and O–H groups in total. The Bertz CT molecular complexity index is 1260. The van der Waals surface area contributed by atoms with Crippen LogP contribution in [0.15, 0.2) is 91.5 Å². The molecule has 0 bridgehead atoms. The van der Waals surface area contributed by atoms with Crippen LogP contribution in [0.4, 0.5) is 0 Å². The van der Waals surface area contributed by atoms with Gasteiger partial charge in [-0.15, -0.1) is 35.9 Å². The van der Waals surface area contributed by atoms with E-state index in [0.29, 0.717) is 0 Å². The fourth-order valence-electron chi connectivity index (χ4n) is 3.08.